The molecule has 3 heteroatoms. The molecule has 7 rings (SSSR count). The van der Waals surface area contributed by atoms with Crippen LogP contribution in [0.4, 0.5) is 0 Å². The van der Waals surface area contributed by atoms with Crippen LogP contribution in [0.2, 0.25) is 0 Å². The molecule has 0 aliphatic carbocycles. The summed E-state index contributed by atoms with van der Waals surface area (Å²) in [6.07, 6.45) is 3.06. The summed E-state index contributed by atoms with van der Waals surface area (Å²) in [5.74, 6) is 1.08. The van der Waals surface area contributed by atoms with Crippen molar-refractivity contribution in [3.63, 3.8) is 0 Å². The molecule has 5 aromatic carbocycles. The number of nitrogens with zero attached hydrogens (tertiary/aromatic N) is 3. The zero-order valence-electron chi connectivity index (χ0n) is 24.3. The van der Waals surface area contributed by atoms with Crippen LogP contribution in [-0.4, -0.2) is 14.5 Å². The predicted molar refractivity (Wildman–Crippen MR) is 176 cm³/mol. The molecule has 0 bridgehead atoms. The summed E-state index contributed by atoms with van der Waals surface area (Å²) in [6, 6.07) is 42.8. The van der Waals surface area contributed by atoms with Gasteiger partial charge in [0.1, 0.15) is 0 Å². The highest BCUT2D eigenvalue weighted by molar-refractivity contribution is 6.04. The van der Waals surface area contributed by atoms with E-state index in [0.717, 1.165) is 34.8 Å². The lowest BCUT2D eigenvalue weighted by atomic mass is 9.89. The van der Waals surface area contributed by atoms with Crippen LogP contribution in [-0.2, 0) is 0 Å². The van der Waals surface area contributed by atoms with Gasteiger partial charge < -0.3 is 4.57 Å². The Morgan fingerprint density at radius 1 is 0.690 bits per heavy atom. The lowest BCUT2D eigenvalue weighted by Gasteiger charge is -2.21. The predicted octanol–water partition coefficient (Wildman–Crippen LogP) is 10.4. The number of aromatic nitrogens is 3. The van der Waals surface area contributed by atoms with E-state index in [4.69, 9.17) is 9.97 Å². The maximum Gasteiger partial charge on any atom is 0.159 e. The summed E-state index contributed by atoms with van der Waals surface area (Å²) in [6.45, 7) is 6.87. The fourth-order valence-electron chi connectivity index (χ4n) is 6.23. The van der Waals surface area contributed by atoms with Crippen molar-refractivity contribution < 1.29 is 0 Å². The minimum absolute atomic E-state index is 0.356. The van der Waals surface area contributed by atoms with Gasteiger partial charge >= 0.3 is 0 Å². The molecule has 0 radical (unpaired) electrons. The maximum absolute atomic E-state index is 5.26. The van der Waals surface area contributed by atoms with E-state index in [1.165, 1.54) is 44.1 Å². The van der Waals surface area contributed by atoms with Crippen LogP contribution >= 0.6 is 0 Å². The zero-order valence-corrected chi connectivity index (χ0v) is 24.3. The van der Waals surface area contributed by atoms with E-state index in [-0.39, 0.29) is 0 Å². The third kappa shape index (κ3) is 4.29. The number of hydrogen-bond donors (Lipinski definition) is 0. The van der Waals surface area contributed by atoms with E-state index in [0.29, 0.717) is 5.92 Å². The molecule has 0 spiro atoms. The van der Waals surface area contributed by atoms with Crippen molar-refractivity contribution in [2.45, 2.75) is 33.1 Å². The molecule has 0 saturated carbocycles. The molecule has 1 atom stereocenters. The average Bonchev–Trinajstić information content (AvgIpc) is 3.39. The van der Waals surface area contributed by atoms with Crippen molar-refractivity contribution in [2.75, 3.05) is 0 Å². The maximum atomic E-state index is 5.26. The summed E-state index contributed by atoms with van der Waals surface area (Å²) >= 11 is 0. The fourth-order valence-corrected chi connectivity index (χ4v) is 6.23. The van der Waals surface area contributed by atoms with Crippen molar-refractivity contribution in [2.24, 2.45) is 0 Å². The largest absolute Gasteiger partial charge is 0.305 e. The van der Waals surface area contributed by atoms with Crippen molar-refractivity contribution in [3.8, 4) is 39.6 Å². The molecule has 0 fully saturated rings. The quantitative estimate of drug-likeness (QED) is 0.209. The van der Waals surface area contributed by atoms with Crippen molar-refractivity contribution in [3.05, 3.63) is 139 Å². The van der Waals surface area contributed by atoms with Crippen LogP contribution < -0.4 is 0 Å². The van der Waals surface area contributed by atoms with Gasteiger partial charge in [-0.3, -0.25) is 0 Å². The Hall–Kier alpha value is -5.02. The Bertz CT molecular complexity index is 2040. The second-order valence-electron chi connectivity index (χ2n) is 11.1. The fraction of sp³-hybridized carbons (Fsp3) is 0.128. The molecule has 1 unspecified atom stereocenters. The number of rotatable bonds is 6. The lowest BCUT2D eigenvalue weighted by Crippen LogP contribution is -2.06. The van der Waals surface area contributed by atoms with Gasteiger partial charge in [0.25, 0.3) is 0 Å². The zero-order chi connectivity index (χ0) is 28.6. The summed E-state index contributed by atoms with van der Waals surface area (Å²) in [4.78, 5) is 10.2. The van der Waals surface area contributed by atoms with E-state index in [9.17, 15) is 0 Å². The van der Waals surface area contributed by atoms with Gasteiger partial charge in [0, 0.05) is 22.1 Å². The summed E-state index contributed by atoms with van der Waals surface area (Å²) in [7, 11) is 0. The molecular formula is C39H33N3. The van der Waals surface area contributed by atoms with E-state index in [1.54, 1.807) is 0 Å². The van der Waals surface area contributed by atoms with Gasteiger partial charge in [0.05, 0.1) is 28.8 Å². The Labute approximate surface area is 247 Å². The molecule has 0 aliphatic rings. The van der Waals surface area contributed by atoms with E-state index in [1.807, 2.05) is 24.4 Å². The van der Waals surface area contributed by atoms with Crippen LogP contribution in [0, 0.1) is 6.92 Å². The summed E-state index contributed by atoms with van der Waals surface area (Å²) in [5, 5.41) is 3.78. The highest BCUT2D eigenvalue weighted by atomic mass is 15.0. The number of aryl methyl sites for hydroxylation is 1. The second kappa shape index (κ2) is 10.8. The summed E-state index contributed by atoms with van der Waals surface area (Å²) < 4.78 is 2.43. The molecule has 2 aromatic heterocycles. The molecule has 204 valence electrons. The first-order valence-electron chi connectivity index (χ1n) is 14.8. The molecule has 0 amide bonds. The number of benzene rings is 5. The van der Waals surface area contributed by atoms with Gasteiger partial charge in [-0.1, -0.05) is 129 Å². The molecule has 3 nitrogen and oxygen atoms in total. The molecule has 0 N–H and O–H groups in total. The highest BCUT2D eigenvalue weighted by Crippen LogP contribution is 2.45. The monoisotopic (exact) mass is 543 g/mol. The minimum atomic E-state index is 0.356. The SMILES string of the molecule is CCC(C)c1c(-c2c(C)ccc3ccccc23)n(-c2cnc(-c3ccccc3)nc2-c2ccccc2)c2ccccc12. The third-order valence-corrected chi connectivity index (χ3v) is 8.48. The lowest BCUT2D eigenvalue weighted by molar-refractivity contribution is 0.739. The van der Waals surface area contributed by atoms with Crippen molar-refractivity contribution in [1.29, 1.82) is 0 Å². The minimum Gasteiger partial charge on any atom is -0.305 e. The Morgan fingerprint density at radius 3 is 2.07 bits per heavy atom. The first kappa shape index (κ1) is 25.9. The molecule has 42 heavy (non-hydrogen) atoms. The number of para-hydroxylation sites is 1. The van der Waals surface area contributed by atoms with Gasteiger partial charge in [-0.05, 0) is 47.2 Å². The molecule has 0 aliphatic heterocycles. The topological polar surface area (TPSA) is 30.7 Å². The smallest absolute Gasteiger partial charge is 0.159 e. The standard InChI is InChI=1S/C39H33N3/c1-4-26(2)35-32-21-13-14-22-33(32)42(38(35)36-27(3)23-24-28-15-11-12-20-31(28)36)34-25-40-39(30-18-9-6-10-19-30)41-37(34)29-16-7-5-8-17-29/h5-26H,4H2,1-3H3. The Kier molecular flexibility index (Phi) is 6.64. The van der Waals surface area contributed by atoms with E-state index < -0.39 is 0 Å². The second-order valence-corrected chi connectivity index (χ2v) is 11.1. The van der Waals surface area contributed by atoms with Gasteiger partial charge in [-0.2, -0.15) is 0 Å². The van der Waals surface area contributed by atoms with Crippen LogP contribution in [0.5, 0.6) is 0 Å². The molecule has 7 aromatic rings. The van der Waals surface area contributed by atoms with Crippen LogP contribution in [0.15, 0.2) is 128 Å². The Balaban J connectivity index is 1.65. The van der Waals surface area contributed by atoms with Gasteiger partial charge in [0.15, 0.2) is 5.82 Å². The molecular weight excluding hydrogens is 510 g/mol. The molecule has 2 heterocycles. The highest BCUT2D eigenvalue weighted by Gasteiger charge is 2.27. The normalized spacial score (nSPS) is 12.2. The van der Waals surface area contributed by atoms with Gasteiger partial charge in [-0.15, -0.1) is 0 Å². The van der Waals surface area contributed by atoms with Crippen LogP contribution in [0.3, 0.4) is 0 Å². The van der Waals surface area contributed by atoms with Gasteiger partial charge in [0.2, 0.25) is 0 Å². The Morgan fingerprint density at radius 2 is 1.33 bits per heavy atom. The van der Waals surface area contributed by atoms with Crippen LogP contribution in [0.1, 0.15) is 37.3 Å². The average molecular weight is 544 g/mol. The summed E-state index contributed by atoms with van der Waals surface area (Å²) in [5.41, 5.74) is 10.3. The van der Waals surface area contributed by atoms with Crippen LogP contribution in [0.25, 0.3) is 61.3 Å². The van der Waals surface area contributed by atoms with E-state index >= 15 is 0 Å². The van der Waals surface area contributed by atoms with Crippen molar-refractivity contribution >= 4 is 21.7 Å². The number of fused-ring (bicyclic) bond motifs is 2. The molecule has 0 saturated heterocycles. The van der Waals surface area contributed by atoms with Crippen molar-refractivity contribution in [1.82, 2.24) is 14.5 Å². The van der Waals surface area contributed by atoms with E-state index in [2.05, 4.69) is 128 Å². The van der Waals surface area contributed by atoms with Gasteiger partial charge in [-0.25, -0.2) is 9.97 Å². The number of hydrogen-bond acceptors (Lipinski definition) is 2. The first-order chi connectivity index (χ1) is 20.7. The first-order valence-corrected chi connectivity index (χ1v) is 14.8. The third-order valence-electron chi connectivity index (χ3n) is 8.48.